The summed E-state index contributed by atoms with van der Waals surface area (Å²) in [6.45, 7) is 6.21. The lowest BCUT2D eigenvalue weighted by molar-refractivity contribution is 0.0670. The molecule has 1 aliphatic rings. The van der Waals surface area contributed by atoms with E-state index in [0.717, 1.165) is 13.1 Å². The van der Waals surface area contributed by atoms with Gasteiger partial charge in [-0.05, 0) is 12.8 Å². The molecule has 15 heavy (non-hydrogen) atoms. The normalized spacial score (nSPS) is 19.0. The first-order chi connectivity index (χ1) is 7.09. The van der Waals surface area contributed by atoms with Crippen LogP contribution in [-0.2, 0) is 0 Å². The minimum atomic E-state index is -0.0578. The average Bonchev–Trinajstić information content (AvgIpc) is 2.70. The third kappa shape index (κ3) is 4.09. The molecule has 0 spiro atoms. The number of hydrogen-bond donors (Lipinski definition) is 2. The Kier molecular flexibility index (Phi) is 5.03. The smallest absolute Gasteiger partial charge is 0.0558 e. The van der Waals surface area contributed by atoms with Crippen LogP contribution in [0.15, 0.2) is 0 Å². The molecule has 0 aromatic rings. The van der Waals surface area contributed by atoms with E-state index in [0.29, 0.717) is 6.04 Å². The third-order valence-corrected chi connectivity index (χ3v) is 3.29. The molecule has 90 valence electrons. The second-order valence-corrected chi connectivity index (χ2v) is 5.45. The predicted octanol–water partition coefficient (Wildman–Crippen LogP) is 1.24. The highest BCUT2D eigenvalue weighted by Gasteiger charge is 2.27. The Bertz CT molecular complexity index is 176. The Hall–Kier alpha value is -0.120. The lowest BCUT2D eigenvalue weighted by atomic mass is 9.93. The molecule has 0 bridgehead atoms. The largest absolute Gasteiger partial charge is 0.396 e. The molecule has 0 aliphatic heterocycles. The van der Waals surface area contributed by atoms with E-state index in [1.807, 2.05) is 0 Å². The van der Waals surface area contributed by atoms with Crippen LogP contribution in [0.5, 0.6) is 0 Å². The summed E-state index contributed by atoms with van der Waals surface area (Å²) in [6.07, 6.45) is 5.13. The van der Waals surface area contributed by atoms with Gasteiger partial charge in [0.05, 0.1) is 6.61 Å². The highest BCUT2D eigenvalue weighted by atomic mass is 16.3. The maximum absolute atomic E-state index is 9.26. The van der Waals surface area contributed by atoms with Gasteiger partial charge in [0.1, 0.15) is 0 Å². The number of rotatable bonds is 6. The summed E-state index contributed by atoms with van der Waals surface area (Å²) in [4.78, 5) is 2.35. The molecule has 0 heterocycles. The molecular formula is C12H25NO2. The topological polar surface area (TPSA) is 43.7 Å². The van der Waals surface area contributed by atoms with Crippen LogP contribution in [0.25, 0.3) is 0 Å². The van der Waals surface area contributed by atoms with Gasteiger partial charge in [-0.15, -0.1) is 0 Å². The Morgan fingerprint density at radius 3 is 2.27 bits per heavy atom. The zero-order chi connectivity index (χ0) is 11.3. The van der Waals surface area contributed by atoms with Crippen molar-refractivity contribution >= 4 is 0 Å². The Balaban J connectivity index is 2.49. The number of nitrogens with zero attached hydrogens (tertiary/aromatic N) is 1. The van der Waals surface area contributed by atoms with Gasteiger partial charge in [0.15, 0.2) is 0 Å². The molecule has 1 rings (SSSR count). The van der Waals surface area contributed by atoms with Crippen LogP contribution in [0, 0.1) is 5.41 Å². The van der Waals surface area contributed by atoms with E-state index in [2.05, 4.69) is 18.7 Å². The molecule has 0 aromatic carbocycles. The molecule has 1 fully saturated rings. The molecule has 0 amide bonds. The maximum Gasteiger partial charge on any atom is 0.0558 e. The van der Waals surface area contributed by atoms with Crippen LogP contribution in [0.3, 0.4) is 0 Å². The summed E-state index contributed by atoms with van der Waals surface area (Å²) in [7, 11) is 0. The zero-order valence-corrected chi connectivity index (χ0v) is 10.1. The fraction of sp³-hybridized carbons (Fsp3) is 1.00. The molecule has 3 nitrogen and oxygen atoms in total. The van der Waals surface area contributed by atoms with Gasteiger partial charge in [-0.1, -0.05) is 26.7 Å². The SMILES string of the molecule is CC(C)(CO)CN(CCO)C1CCCC1. The molecular weight excluding hydrogens is 190 g/mol. The number of hydrogen-bond acceptors (Lipinski definition) is 3. The Morgan fingerprint density at radius 2 is 1.80 bits per heavy atom. The Labute approximate surface area is 93.1 Å². The van der Waals surface area contributed by atoms with Crippen molar-refractivity contribution in [1.29, 1.82) is 0 Å². The average molecular weight is 215 g/mol. The van der Waals surface area contributed by atoms with Crippen LogP contribution in [-0.4, -0.2) is 47.5 Å². The highest BCUT2D eigenvalue weighted by molar-refractivity contribution is 4.81. The van der Waals surface area contributed by atoms with E-state index in [1.54, 1.807) is 0 Å². The van der Waals surface area contributed by atoms with Gasteiger partial charge in [0.25, 0.3) is 0 Å². The fourth-order valence-corrected chi connectivity index (χ4v) is 2.39. The predicted molar refractivity (Wildman–Crippen MR) is 61.8 cm³/mol. The van der Waals surface area contributed by atoms with Crippen molar-refractivity contribution in [1.82, 2.24) is 4.90 Å². The molecule has 0 radical (unpaired) electrons. The summed E-state index contributed by atoms with van der Waals surface area (Å²) in [5, 5.41) is 18.3. The van der Waals surface area contributed by atoms with Crippen LogP contribution >= 0.6 is 0 Å². The van der Waals surface area contributed by atoms with Crippen molar-refractivity contribution in [2.75, 3.05) is 26.3 Å². The first-order valence-electron chi connectivity index (χ1n) is 6.05. The second kappa shape index (κ2) is 5.83. The van der Waals surface area contributed by atoms with Gasteiger partial charge in [0.2, 0.25) is 0 Å². The summed E-state index contributed by atoms with van der Waals surface area (Å²) < 4.78 is 0. The molecule has 0 atom stereocenters. The Morgan fingerprint density at radius 1 is 1.20 bits per heavy atom. The van der Waals surface area contributed by atoms with E-state index >= 15 is 0 Å². The molecule has 3 heteroatoms. The van der Waals surface area contributed by atoms with Crippen molar-refractivity contribution in [2.24, 2.45) is 5.41 Å². The number of aliphatic hydroxyl groups excluding tert-OH is 2. The van der Waals surface area contributed by atoms with Crippen molar-refractivity contribution in [3.63, 3.8) is 0 Å². The van der Waals surface area contributed by atoms with E-state index in [1.165, 1.54) is 25.7 Å². The lowest BCUT2D eigenvalue weighted by Gasteiger charge is -2.35. The molecule has 1 saturated carbocycles. The van der Waals surface area contributed by atoms with Crippen LogP contribution in [0.4, 0.5) is 0 Å². The summed E-state index contributed by atoms with van der Waals surface area (Å²) in [5.74, 6) is 0. The monoisotopic (exact) mass is 215 g/mol. The highest BCUT2D eigenvalue weighted by Crippen LogP contribution is 2.26. The summed E-state index contributed by atoms with van der Waals surface area (Å²) in [5.41, 5.74) is -0.0578. The van der Waals surface area contributed by atoms with E-state index in [9.17, 15) is 5.11 Å². The van der Waals surface area contributed by atoms with Crippen molar-refractivity contribution in [3.8, 4) is 0 Å². The van der Waals surface area contributed by atoms with Gasteiger partial charge in [-0.25, -0.2) is 0 Å². The second-order valence-electron chi connectivity index (χ2n) is 5.45. The molecule has 0 unspecified atom stereocenters. The minimum Gasteiger partial charge on any atom is -0.396 e. The van der Waals surface area contributed by atoms with E-state index < -0.39 is 0 Å². The zero-order valence-electron chi connectivity index (χ0n) is 10.1. The lowest BCUT2D eigenvalue weighted by Crippen LogP contribution is -2.43. The quantitative estimate of drug-likeness (QED) is 0.700. The van der Waals surface area contributed by atoms with Gasteiger partial charge >= 0.3 is 0 Å². The van der Waals surface area contributed by atoms with E-state index in [4.69, 9.17) is 5.11 Å². The van der Waals surface area contributed by atoms with Gasteiger partial charge < -0.3 is 10.2 Å². The van der Waals surface area contributed by atoms with Crippen molar-refractivity contribution < 1.29 is 10.2 Å². The van der Waals surface area contributed by atoms with Gasteiger partial charge in [0, 0.05) is 31.2 Å². The molecule has 1 aliphatic carbocycles. The summed E-state index contributed by atoms with van der Waals surface area (Å²) in [6, 6.07) is 0.628. The van der Waals surface area contributed by atoms with Gasteiger partial charge in [-0.2, -0.15) is 0 Å². The third-order valence-electron chi connectivity index (χ3n) is 3.29. The minimum absolute atomic E-state index is 0.0578. The molecule has 0 saturated heterocycles. The van der Waals surface area contributed by atoms with Crippen molar-refractivity contribution in [2.45, 2.75) is 45.6 Å². The summed E-state index contributed by atoms with van der Waals surface area (Å²) >= 11 is 0. The number of aliphatic hydroxyl groups is 2. The standard InChI is InChI=1S/C12H25NO2/c1-12(2,10-15)9-13(7-8-14)11-5-3-4-6-11/h11,14-15H,3-10H2,1-2H3. The maximum atomic E-state index is 9.26. The van der Waals surface area contributed by atoms with Crippen LogP contribution in [0.2, 0.25) is 0 Å². The molecule has 2 N–H and O–H groups in total. The van der Waals surface area contributed by atoms with E-state index in [-0.39, 0.29) is 18.6 Å². The van der Waals surface area contributed by atoms with Crippen LogP contribution in [0.1, 0.15) is 39.5 Å². The fourth-order valence-electron chi connectivity index (χ4n) is 2.39. The van der Waals surface area contributed by atoms with Crippen LogP contribution < -0.4 is 0 Å². The van der Waals surface area contributed by atoms with Gasteiger partial charge in [-0.3, -0.25) is 4.90 Å². The molecule has 0 aromatic heterocycles. The first kappa shape index (κ1) is 12.9. The first-order valence-corrected chi connectivity index (χ1v) is 6.05. The van der Waals surface area contributed by atoms with Crippen molar-refractivity contribution in [3.05, 3.63) is 0 Å².